The number of anilines is 2. The van der Waals surface area contributed by atoms with Crippen LogP contribution in [0.15, 0.2) is 48.5 Å². The third-order valence-electron chi connectivity index (χ3n) is 5.95. The van der Waals surface area contributed by atoms with E-state index in [0.717, 1.165) is 22.6 Å². The number of hydrogen-bond acceptors (Lipinski definition) is 5. The minimum Gasteiger partial charge on any atom is -0.497 e. The first-order valence-electron chi connectivity index (χ1n) is 9.61. The van der Waals surface area contributed by atoms with Crippen LogP contribution >= 0.6 is 11.3 Å². The van der Waals surface area contributed by atoms with Crippen LogP contribution in [-0.4, -0.2) is 37.0 Å². The van der Waals surface area contributed by atoms with Gasteiger partial charge in [0.15, 0.2) is 0 Å². The van der Waals surface area contributed by atoms with Crippen molar-refractivity contribution >= 4 is 40.5 Å². The van der Waals surface area contributed by atoms with Crippen LogP contribution in [0, 0.1) is 0 Å². The summed E-state index contributed by atoms with van der Waals surface area (Å²) in [4.78, 5) is 40.8. The molecule has 0 radical (unpaired) electrons. The Morgan fingerprint density at radius 2 is 1.87 bits per heavy atom. The van der Waals surface area contributed by atoms with Gasteiger partial charge in [-0.3, -0.25) is 9.59 Å². The number of carboxylic acid groups (broad SMARTS) is 1. The summed E-state index contributed by atoms with van der Waals surface area (Å²) >= 11 is 1.05. The van der Waals surface area contributed by atoms with E-state index in [9.17, 15) is 19.5 Å². The number of amides is 2. The molecule has 5 rings (SSSR count). The Kier molecular flexibility index (Phi) is 4.16. The number of ether oxygens (including phenoxy) is 1. The number of fused-ring (bicyclic) bond motifs is 4. The van der Waals surface area contributed by atoms with Gasteiger partial charge in [0.25, 0.3) is 0 Å². The van der Waals surface area contributed by atoms with Gasteiger partial charge in [0, 0.05) is 18.3 Å². The van der Waals surface area contributed by atoms with Crippen molar-refractivity contribution in [2.75, 3.05) is 24.4 Å². The zero-order valence-electron chi connectivity index (χ0n) is 16.8. The molecule has 0 bridgehead atoms. The van der Waals surface area contributed by atoms with E-state index in [4.69, 9.17) is 4.74 Å². The lowest BCUT2D eigenvalue weighted by molar-refractivity contribution is -0.126. The summed E-state index contributed by atoms with van der Waals surface area (Å²) in [5, 5.41) is 12.8. The molecular weight excluding hydrogens is 416 g/mol. The molecule has 2 aliphatic heterocycles. The number of carbonyl (C=O) groups is 3. The third kappa shape index (κ3) is 2.55. The summed E-state index contributed by atoms with van der Waals surface area (Å²) < 4.78 is 5.20. The molecule has 0 aliphatic carbocycles. The highest BCUT2D eigenvalue weighted by atomic mass is 32.1. The van der Waals surface area contributed by atoms with Crippen LogP contribution in [-0.2, 0) is 15.0 Å². The number of benzene rings is 2. The number of thiophene rings is 1. The average Bonchev–Trinajstić information content (AvgIpc) is 3.25. The van der Waals surface area contributed by atoms with Crippen molar-refractivity contribution in [3.05, 3.63) is 63.8 Å². The van der Waals surface area contributed by atoms with Gasteiger partial charge in [0.1, 0.15) is 16.0 Å². The van der Waals surface area contributed by atoms with E-state index < -0.39 is 11.4 Å². The van der Waals surface area contributed by atoms with Crippen LogP contribution in [0.4, 0.5) is 11.4 Å². The van der Waals surface area contributed by atoms with E-state index in [1.54, 1.807) is 43.3 Å². The van der Waals surface area contributed by atoms with E-state index in [-0.39, 0.29) is 23.1 Å². The SMILES string of the molecule is COc1ccc(-c2c(C(=O)O)sc3c2NC(=O)C[C@]32C(=O)N(C)c3ccccc32)cc1. The molecule has 156 valence electrons. The molecule has 2 aliphatic rings. The van der Waals surface area contributed by atoms with Crippen molar-refractivity contribution in [2.45, 2.75) is 11.8 Å². The Balaban J connectivity index is 1.82. The van der Waals surface area contributed by atoms with Gasteiger partial charge in [-0.2, -0.15) is 0 Å². The second-order valence-corrected chi connectivity index (χ2v) is 8.58. The number of carbonyl (C=O) groups excluding carboxylic acids is 2. The number of nitrogens with one attached hydrogen (secondary N) is 1. The van der Waals surface area contributed by atoms with Gasteiger partial charge in [0.05, 0.1) is 24.1 Å². The molecule has 1 aromatic heterocycles. The van der Waals surface area contributed by atoms with Gasteiger partial charge in [0.2, 0.25) is 11.8 Å². The molecule has 3 aromatic rings. The van der Waals surface area contributed by atoms with Crippen molar-refractivity contribution in [1.82, 2.24) is 0 Å². The van der Waals surface area contributed by atoms with Crippen LogP contribution in [0.2, 0.25) is 0 Å². The highest BCUT2D eigenvalue weighted by molar-refractivity contribution is 7.15. The quantitative estimate of drug-likeness (QED) is 0.655. The number of rotatable bonds is 3. The molecule has 0 fully saturated rings. The minimum atomic E-state index is -1.23. The molecule has 0 saturated heterocycles. The van der Waals surface area contributed by atoms with Crippen molar-refractivity contribution in [1.29, 1.82) is 0 Å². The average molecular weight is 434 g/mol. The van der Waals surface area contributed by atoms with E-state index >= 15 is 0 Å². The smallest absolute Gasteiger partial charge is 0.346 e. The summed E-state index contributed by atoms with van der Waals surface area (Å²) in [6.07, 6.45) is -0.0676. The zero-order chi connectivity index (χ0) is 21.9. The molecular formula is C23H18N2O5S. The number of methoxy groups -OCH3 is 1. The van der Waals surface area contributed by atoms with Gasteiger partial charge in [-0.1, -0.05) is 30.3 Å². The lowest BCUT2D eigenvalue weighted by Gasteiger charge is -2.32. The molecule has 8 heteroatoms. The van der Waals surface area contributed by atoms with Crippen LogP contribution in [0.25, 0.3) is 11.1 Å². The normalized spacial score (nSPS) is 19.2. The van der Waals surface area contributed by atoms with Crippen molar-refractivity contribution in [2.24, 2.45) is 0 Å². The summed E-state index contributed by atoms with van der Waals surface area (Å²) in [6, 6.07) is 14.3. The highest BCUT2D eigenvalue weighted by Gasteiger charge is 2.57. The van der Waals surface area contributed by atoms with Crippen LogP contribution in [0.1, 0.15) is 26.5 Å². The molecule has 0 unspecified atom stereocenters. The zero-order valence-corrected chi connectivity index (χ0v) is 17.6. The second kappa shape index (κ2) is 6.68. The van der Waals surface area contributed by atoms with Crippen LogP contribution < -0.4 is 15.0 Å². The molecule has 2 amide bonds. The number of aromatic carboxylic acids is 1. The summed E-state index contributed by atoms with van der Waals surface area (Å²) in [5.74, 6) is -1.03. The van der Waals surface area contributed by atoms with Crippen molar-refractivity contribution < 1.29 is 24.2 Å². The fraction of sp³-hybridized carbons (Fsp3) is 0.174. The number of carboxylic acids is 1. The fourth-order valence-corrected chi connectivity index (χ4v) is 5.88. The molecule has 7 nitrogen and oxygen atoms in total. The van der Waals surface area contributed by atoms with Crippen LogP contribution in [0.5, 0.6) is 5.75 Å². The number of likely N-dealkylation sites (N-methyl/N-ethyl adjacent to an activating group) is 1. The van der Waals surface area contributed by atoms with Gasteiger partial charge in [-0.15, -0.1) is 11.3 Å². The first-order valence-corrected chi connectivity index (χ1v) is 10.4. The van der Waals surface area contributed by atoms with Crippen molar-refractivity contribution in [3.63, 3.8) is 0 Å². The van der Waals surface area contributed by atoms with Gasteiger partial charge >= 0.3 is 5.97 Å². The standard InChI is InChI=1S/C23H18N2O5S/c1-25-15-6-4-3-5-14(15)23(22(25)29)11-16(26)24-18-17(19(21(27)28)31-20(18)23)12-7-9-13(30-2)10-8-12/h3-10H,11H2,1-2H3,(H,24,26)(H,27,28)/t23-/m1/s1. The Hall–Kier alpha value is -3.65. The number of nitrogens with zero attached hydrogens (tertiary/aromatic N) is 1. The molecule has 3 heterocycles. The summed E-state index contributed by atoms with van der Waals surface area (Å²) in [5.41, 5.74) is 1.63. The lowest BCUT2D eigenvalue weighted by atomic mass is 9.74. The second-order valence-electron chi connectivity index (χ2n) is 7.56. The topological polar surface area (TPSA) is 95.9 Å². The number of para-hydroxylation sites is 1. The molecule has 2 aromatic carbocycles. The largest absolute Gasteiger partial charge is 0.497 e. The molecule has 0 saturated carbocycles. The fourth-order valence-electron chi connectivity index (χ4n) is 4.57. The molecule has 1 atom stereocenters. The molecule has 31 heavy (non-hydrogen) atoms. The minimum absolute atomic E-state index is 0.0676. The Labute approximate surface area is 181 Å². The maximum absolute atomic E-state index is 13.5. The van der Waals surface area contributed by atoms with E-state index in [2.05, 4.69) is 5.32 Å². The monoisotopic (exact) mass is 434 g/mol. The lowest BCUT2D eigenvalue weighted by Crippen LogP contribution is -2.45. The van der Waals surface area contributed by atoms with E-state index in [1.165, 1.54) is 0 Å². The van der Waals surface area contributed by atoms with E-state index in [1.807, 2.05) is 24.3 Å². The Bertz CT molecular complexity index is 1260. The first kappa shape index (κ1) is 19.3. The van der Waals surface area contributed by atoms with E-state index in [0.29, 0.717) is 27.4 Å². The molecule has 1 spiro atoms. The number of hydrogen-bond donors (Lipinski definition) is 2. The van der Waals surface area contributed by atoms with Gasteiger partial charge < -0.3 is 20.1 Å². The Morgan fingerprint density at radius 1 is 1.16 bits per heavy atom. The van der Waals surface area contributed by atoms with Gasteiger partial charge in [-0.05, 0) is 29.3 Å². The summed E-state index contributed by atoms with van der Waals surface area (Å²) in [7, 11) is 3.23. The maximum atomic E-state index is 13.5. The molecule has 2 N–H and O–H groups in total. The predicted octanol–water partition coefficient (Wildman–Crippen LogP) is 3.73. The van der Waals surface area contributed by atoms with Crippen molar-refractivity contribution in [3.8, 4) is 16.9 Å². The Morgan fingerprint density at radius 3 is 2.55 bits per heavy atom. The van der Waals surface area contributed by atoms with Crippen LogP contribution in [0.3, 0.4) is 0 Å². The van der Waals surface area contributed by atoms with Gasteiger partial charge in [-0.25, -0.2) is 4.79 Å². The summed E-state index contributed by atoms with van der Waals surface area (Å²) in [6.45, 7) is 0. The first-order chi connectivity index (χ1) is 14.9. The maximum Gasteiger partial charge on any atom is 0.346 e. The predicted molar refractivity (Wildman–Crippen MR) is 117 cm³/mol. The third-order valence-corrected chi connectivity index (χ3v) is 7.29. The highest BCUT2D eigenvalue weighted by Crippen LogP contribution is 2.57.